The van der Waals surface area contributed by atoms with Crippen molar-refractivity contribution in [2.24, 2.45) is 11.8 Å². The average Bonchev–Trinajstić information content (AvgIpc) is 3.53. The van der Waals surface area contributed by atoms with Crippen molar-refractivity contribution in [1.29, 1.82) is 0 Å². The Balaban J connectivity index is 1.40. The van der Waals surface area contributed by atoms with E-state index in [4.69, 9.17) is 9.47 Å². The molecule has 1 aliphatic carbocycles. The molecule has 1 aromatic rings. The summed E-state index contributed by atoms with van der Waals surface area (Å²) in [6.07, 6.45) is 9.20. The normalized spacial score (nSPS) is 31.9. The van der Waals surface area contributed by atoms with Crippen LogP contribution >= 0.6 is 0 Å². The van der Waals surface area contributed by atoms with Gasteiger partial charge in [-0.25, -0.2) is 0 Å². The summed E-state index contributed by atoms with van der Waals surface area (Å²) < 4.78 is 11.9. The SMILES string of the molecule is CCOc1ccc(NC(=O)[C@@H]2[C@@H]3C=C[C@]4(O3)[C@@H]2C(=O)N([C@H](C)CC)[C@@H]4C(=O)NC2CCCCC2)cc1. The lowest BCUT2D eigenvalue weighted by Gasteiger charge is -2.36. The summed E-state index contributed by atoms with van der Waals surface area (Å²) in [7, 11) is 0. The molecule has 3 aliphatic heterocycles. The fraction of sp³-hybridized carbons (Fsp3) is 0.607. The van der Waals surface area contributed by atoms with Gasteiger partial charge in [0.1, 0.15) is 17.4 Å². The number of amides is 3. The van der Waals surface area contributed by atoms with Crippen LogP contribution in [0, 0.1) is 11.8 Å². The van der Waals surface area contributed by atoms with Crippen LogP contribution in [0.25, 0.3) is 0 Å². The minimum atomic E-state index is -1.12. The third-order valence-electron chi connectivity index (χ3n) is 8.31. The van der Waals surface area contributed by atoms with Crippen LogP contribution < -0.4 is 15.4 Å². The first-order valence-corrected chi connectivity index (χ1v) is 13.4. The summed E-state index contributed by atoms with van der Waals surface area (Å²) in [5.74, 6) is -1.32. The van der Waals surface area contributed by atoms with E-state index >= 15 is 0 Å². The summed E-state index contributed by atoms with van der Waals surface area (Å²) in [5, 5.41) is 6.18. The van der Waals surface area contributed by atoms with Gasteiger partial charge in [0.25, 0.3) is 0 Å². The van der Waals surface area contributed by atoms with Gasteiger partial charge in [-0.1, -0.05) is 38.3 Å². The molecule has 36 heavy (non-hydrogen) atoms. The van der Waals surface area contributed by atoms with E-state index in [-0.39, 0.29) is 29.8 Å². The molecule has 3 fully saturated rings. The number of benzene rings is 1. The fourth-order valence-corrected chi connectivity index (χ4v) is 6.43. The predicted molar refractivity (Wildman–Crippen MR) is 135 cm³/mol. The maximum Gasteiger partial charge on any atom is 0.246 e. The lowest BCUT2D eigenvalue weighted by molar-refractivity contribution is -0.143. The van der Waals surface area contributed by atoms with Gasteiger partial charge in [-0.2, -0.15) is 0 Å². The highest BCUT2D eigenvalue weighted by atomic mass is 16.5. The second-order valence-electron chi connectivity index (χ2n) is 10.5. The summed E-state index contributed by atoms with van der Waals surface area (Å²) >= 11 is 0. The highest BCUT2D eigenvalue weighted by molar-refractivity contribution is 6.03. The van der Waals surface area contributed by atoms with E-state index in [1.54, 1.807) is 29.2 Å². The van der Waals surface area contributed by atoms with Crippen molar-refractivity contribution in [2.45, 2.75) is 89.1 Å². The summed E-state index contributed by atoms with van der Waals surface area (Å²) in [5.41, 5.74) is -0.495. The molecule has 1 saturated carbocycles. The smallest absolute Gasteiger partial charge is 0.246 e. The van der Waals surface area contributed by atoms with Crippen LogP contribution in [-0.2, 0) is 19.1 Å². The van der Waals surface area contributed by atoms with Crippen molar-refractivity contribution in [1.82, 2.24) is 10.2 Å². The van der Waals surface area contributed by atoms with Crippen LogP contribution in [0.5, 0.6) is 5.75 Å². The Morgan fingerprint density at radius 3 is 2.53 bits per heavy atom. The van der Waals surface area contributed by atoms with E-state index in [2.05, 4.69) is 10.6 Å². The molecule has 6 atom stereocenters. The zero-order valence-electron chi connectivity index (χ0n) is 21.4. The van der Waals surface area contributed by atoms with Crippen LogP contribution in [0.2, 0.25) is 0 Å². The van der Waals surface area contributed by atoms with Gasteiger partial charge < -0.3 is 25.0 Å². The zero-order valence-corrected chi connectivity index (χ0v) is 21.4. The molecule has 2 N–H and O–H groups in total. The number of hydrogen-bond acceptors (Lipinski definition) is 5. The summed E-state index contributed by atoms with van der Waals surface area (Å²) in [6.45, 7) is 6.44. The highest BCUT2D eigenvalue weighted by Gasteiger charge is 2.73. The molecule has 194 valence electrons. The maximum absolute atomic E-state index is 13.9. The largest absolute Gasteiger partial charge is 0.494 e. The molecule has 0 aromatic heterocycles. The molecule has 4 aliphatic rings. The molecule has 3 heterocycles. The van der Waals surface area contributed by atoms with Gasteiger partial charge in [0.2, 0.25) is 17.7 Å². The molecule has 8 nitrogen and oxygen atoms in total. The van der Waals surface area contributed by atoms with Gasteiger partial charge in [-0.3, -0.25) is 14.4 Å². The Morgan fingerprint density at radius 1 is 1.14 bits per heavy atom. The topological polar surface area (TPSA) is 97.0 Å². The standard InChI is InChI=1S/C28H37N3O5/c1-4-17(3)31-24(26(33)30-18-9-7-6-8-10-18)28-16-15-21(36-28)22(23(28)27(31)34)25(32)29-19-11-13-20(14-12-19)35-5-2/h11-18,21-24H,4-10H2,1-3H3,(H,29,32)(H,30,33)/t17-,21+,22-,23+,24-,28+/m1/s1. The van der Waals surface area contributed by atoms with Crippen LogP contribution in [0.1, 0.15) is 59.3 Å². The first-order valence-electron chi connectivity index (χ1n) is 13.4. The lowest BCUT2D eigenvalue weighted by Crippen LogP contribution is -2.58. The Hall–Kier alpha value is -2.87. The third-order valence-corrected chi connectivity index (χ3v) is 8.31. The third kappa shape index (κ3) is 4.09. The van der Waals surface area contributed by atoms with Crippen molar-refractivity contribution in [3.8, 4) is 5.75 Å². The predicted octanol–water partition coefficient (Wildman–Crippen LogP) is 3.42. The molecule has 0 radical (unpaired) electrons. The van der Waals surface area contributed by atoms with Crippen LogP contribution in [0.4, 0.5) is 5.69 Å². The van der Waals surface area contributed by atoms with Crippen molar-refractivity contribution in [3.05, 3.63) is 36.4 Å². The number of carbonyl (C=O) groups is 3. The number of anilines is 1. The number of nitrogens with one attached hydrogen (secondary N) is 2. The Bertz CT molecular complexity index is 1030. The summed E-state index contributed by atoms with van der Waals surface area (Å²) in [6, 6.07) is 6.36. The molecule has 0 unspecified atom stereocenters. The first kappa shape index (κ1) is 24.8. The van der Waals surface area contributed by atoms with E-state index in [0.29, 0.717) is 18.7 Å². The van der Waals surface area contributed by atoms with Crippen LogP contribution in [0.15, 0.2) is 36.4 Å². The Morgan fingerprint density at radius 2 is 1.86 bits per heavy atom. The highest BCUT2D eigenvalue weighted by Crippen LogP contribution is 2.55. The quantitative estimate of drug-likeness (QED) is 0.539. The molecular weight excluding hydrogens is 458 g/mol. The number of nitrogens with zero attached hydrogens (tertiary/aromatic N) is 1. The fourth-order valence-electron chi connectivity index (χ4n) is 6.43. The van der Waals surface area contributed by atoms with Crippen LogP contribution in [0.3, 0.4) is 0 Å². The number of rotatable bonds is 8. The van der Waals surface area contributed by atoms with E-state index in [1.807, 2.05) is 32.9 Å². The van der Waals surface area contributed by atoms with Gasteiger partial charge in [-0.15, -0.1) is 0 Å². The minimum absolute atomic E-state index is 0.122. The van der Waals surface area contributed by atoms with Gasteiger partial charge in [-0.05, 0) is 57.4 Å². The zero-order chi connectivity index (χ0) is 25.4. The van der Waals surface area contributed by atoms with E-state index in [9.17, 15) is 14.4 Å². The van der Waals surface area contributed by atoms with E-state index < -0.39 is 29.6 Å². The number of carbonyl (C=O) groups excluding carboxylic acids is 3. The number of likely N-dealkylation sites (tertiary alicyclic amines) is 1. The number of hydrogen-bond donors (Lipinski definition) is 2. The van der Waals surface area contributed by atoms with Crippen molar-refractivity contribution in [2.75, 3.05) is 11.9 Å². The second-order valence-corrected chi connectivity index (χ2v) is 10.5. The number of ether oxygens (including phenoxy) is 2. The second kappa shape index (κ2) is 9.88. The molecule has 3 amide bonds. The Kier molecular flexibility index (Phi) is 6.81. The van der Waals surface area contributed by atoms with Gasteiger partial charge in [0, 0.05) is 17.8 Å². The Labute approximate surface area is 212 Å². The van der Waals surface area contributed by atoms with Crippen molar-refractivity contribution < 1.29 is 23.9 Å². The summed E-state index contributed by atoms with van der Waals surface area (Å²) in [4.78, 5) is 42.8. The lowest BCUT2D eigenvalue weighted by atomic mass is 9.74. The molecule has 8 heteroatoms. The van der Waals surface area contributed by atoms with E-state index in [1.165, 1.54) is 6.42 Å². The van der Waals surface area contributed by atoms with Crippen molar-refractivity contribution in [3.63, 3.8) is 0 Å². The van der Waals surface area contributed by atoms with Gasteiger partial charge in [0.05, 0.1) is 24.5 Å². The van der Waals surface area contributed by atoms with E-state index in [0.717, 1.165) is 31.4 Å². The number of fused-ring (bicyclic) bond motifs is 1. The van der Waals surface area contributed by atoms with Gasteiger partial charge in [0.15, 0.2) is 0 Å². The average molecular weight is 496 g/mol. The van der Waals surface area contributed by atoms with Crippen molar-refractivity contribution >= 4 is 23.4 Å². The molecule has 5 rings (SSSR count). The molecule has 1 aromatic carbocycles. The first-order chi connectivity index (χ1) is 17.4. The maximum atomic E-state index is 13.9. The molecule has 2 saturated heterocycles. The molecular formula is C28H37N3O5. The van der Waals surface area contributed by atoms with Crippen LogP contribution in [-0.4, -0.2) is 59.1 Å². The molecule has 2 bridgehead atoms. The monoisotopic (exact) mass is 495 g/mol. The molecule has 1 spiro atoms. The van der Waals surface area contributed by atoms with Gasteiger partial charge >= 0.3 is 0 Å². The minimum Gasteiger partial charge on any atom is -0.494 e.